The molecular weight excluding hydrogens is 401 g/mol. The van der Waals surface area contributed by atoms with E-state index in [4.69, 9.17) is 5.73 Å². The van der Waals surface area contributed by atoms with Crippen molar-refractivity contribution in [3.63, 3.8) is 0 Å². The molecule has 0 saturated carbocycles. The highest BCUT2D eigenvalue weighted by molar-refractivity contribution is 7.06. The lowest BCUT2D eigenvalue weighted by Gasteiger charge is -2.36. The van der Waals surface area contributed by atoms with Gasteiger partial charge >= 0.3 is 6.18 Å². The SMILES string of the molecule is Cc1cc(C#Cc2ccc(F)c([C@]3(CF)C[C@@H](C(F)(F)F)OC(N)=N3)c2)sn1. The van der Waals surface area contributed by atoms with Crippen molar-refractivity contribution in [2.75, 3.05) is 6.67 Å². The molecule has 1 aromatic heterocycles. The van der Waals surface area contributed by atoms with Gasteiger partial charge in [0.1, 0.15) is 18.0 Å². The second-order valence-corrected chi connectivity index (χ2v) is 7.05. The van der Waals surface area contributed by atoms with Crippen molar-refractivity contribution in [1.29, 1.82) is 0 Å². The number of halogens is 5. The lowest BCUT2D eigenvalue weighted by Crippen LogP contribution is -2.48. The molecule has 10 heteroatoms. The minimum absolute atomic E-state index is 0.291. The summed E-state index contributed by atoms with van der Waals surface area (Å²) in [6.45, 7) is 0.415. The fraction of sp³-hybridized carbons (Fsp3) is 0.333. The molecule has 1 aliphatic rings. The highest BCUT2D eigenvalue weighted by Crippen LogP contribution is 2.41. The molecule has 3 rings (SSSR count). The zero-order valence-corrected chi connectivity index (χ0v) is 15.3. The smallest absolute Gasteiger partial charge is 0.425 e. The summed E-state index contributed by atoms with van der Waals surface area (Å²) in [5.74, 6) is 4.70. The zero-order chi connectivity index (χ0) is 20.5. The fourth-order valence-corrected chi connectivity index (χ4v) is 3.42. The van der Waals surface area contributed by atoms with Gasteiger partial charge in [0.05, 0.1) is 10.6 Å². The number of aliphatic imine (C=N–C) groups is 1. The van der Waals surface area contributed by atoms with E-state index in [1.807, 2.05) is 0 Å². The highest BCUT2D eigenvalue weighted by Gasteiger charge is 2.52. The number of ether oxygens (including phenoxy) is 1. The van der Waals surface area contributed by atoms with E-state index >= 15 is 0 Å². The van der Waals surface area contributed by atoms with Crippen LogP contribution in [0.1, 0.15) is 28.1 Å². The van der Waals surface area contributed by atoms with E-state index in [1.54, 1.807) is 13.0 Å². The van der Waals surface area contributed by atoms with Crippen molar-refractivity contribution in [1.82, 2.24) is 4.37 Å². The number of hydrogen-bond acceptors (Lipinski definition) is 5. The Kier molecular flexibility index (Phi) is 5.30. The Morgan fingerprint density at radius 1 is 1.32 bits per heavy atom. The number of aryl methyl sites for hydroxylation is 1. The number of rotatable bonds is 2. The van der Waals surface area contributed by atoms with Crippen LogP contribution >= 0.6 is 11.5 Å². The van der Waals surface area contributed by atoms with Gasteiger partial charge in [0, 0.05) is 17.5 Å². The molecule has 148 valence electrons. The summed E-state index contributed by atoms with van der Waals surface area (Å²) in [6, 6.07) is 4.45. The molecule has 2 N–H and O–H groups in total. The molecule has 0 fully saturated rings. The summed E-state index contributed by atoms with van der Waals surface area (Å²) in [5, 5.41) is 0. The van der Waals surface area contributed by atoms with Gasteiger partial charge in [-0.05, 0) is 48.6 Å². The molecule has 2 aromatic rings. The van der Waals surface area contributed by atoms with Crippen LogP contribution in [0, 0.1) is 24.6 Å². The molecule has 0 amide bonds. The molecule has 0 radical (unpaired) electrons. The first-order valence-corrected chi connectivity index (χ1v) is 8.80. The molecule has 0 bridgehead atoms. The van der Waals surface area contributed by atoms with E-state index in [1.165, 1.54) is 23.7 Å². The van der Waals surface area contributed by atoms with Gasteiger partial charge in [0.25, 0.3) is 6.02 Å². The van der Waals surface area contributed by atoms with Crippen LogP contribution in [0.3, 0.4) is 0 Å². The van der Waals surface area contributed by atoms with Crippen molar-refractivity contribution in [3.05, 3.63) is 51.8 Å². The first-order chi connectivity index (χ1) is 13.1. The topological polar surface area (TPSA) is 60.5 Å². The average molecular weight is 415 g/mol. The van der Waals surface area contributed by atoms with E-state index in [-0.39, 0.29) is 5.56 Å². The summed E-state index contributed by atoms with van der Waals surface area (Å²) < 4.78 is 76.3. The van der Waals surface area contributed by atoms with Gasteiger partial charge in [-0.25, -0.2) is 13.8 Å². The maximum absolute atomic E-state index is 14.4. The Morgan fingerprint density at radius 2 is 2.07 bits per heavy atom. The molecule has 28 heavy (non-hydrogen) atoms. The normalized spacial score (nSPS) is 22.1. The zero-order valence-electron chi connectivity index (χ0n) is 14.5. The summed E-state index contributed by atoms with van der Waals surface area (Å²) >= 11 is 1.17. The highest BCUT2D eigenvalue weighted by atomic mass is 32.1. The minimum Gasteiger partial charge on any atom is -0.452 e. The molecule has 0 aliphatic carbocycles. The lowest BCUT2D eigenvalue weighted by atomic mass is 9.84. The third-order valence-electron chi connectivity index (χ3n) is 4.12. The summed E-state index contributed by atoms with van der Waals surface area (Å²) in [6.07, 6.45) is -8.14. The predicted molar refractivity (Wildman–Crippen MR) is 94.1 cm³/mol. The Balaban J connectivity index is 2.03. The van der Waals surface area contributed by atoms with Crippen molar-refractivity contribution in [3.8, 4) is 11.8 Å². The van der Waals surface area contributed by atoms with Crippen LogP contribution in [0.25, 0.3) is 0 Å². The third-order valence-corrected chi connectivity index (χ3v) is 4.92. The lowest BCUT2D eigenvalue weighted by molar-refractivity contribution is -0.209. The van der Waals surface area contributed by atoms with Crippen molar-refractivity contribution in [2.24, 2.45) is 10.7 Å². The van der Waals surface area contributed by atoms with E-state index in [0.717, 1.165) is 11.8 Å². The van der Waals surface area contributed by atoms with Crippen molar-refractivity contribution < 1.29 is 26.7 Å². The number of hydrogen-bond donors (Lipinski definition) is 1. The van der Waals surface area contributed by atoms with Crippen LogP contribution in [0.2, 0.25) is 0 Å². The van der Waals surface area contributed by atoms with Crippen LogP contribution < -0.4 is 5.73 Å². The molecule has 4 nitrogen and oxygen atoms in total. The van der Waals surface area contributed by atoms with Gasteiger partial charge in [-0.15, -0.1) is 0 Å². The molecule has 1 aromatic carbocycles. The van der Waals surface area contributed by atoms with Crippen LogP contribution in [-0.2, 0) is 10.3 Å². The Morgan fingerprint density at radius 3 is 2.68 bits per heavy atom. The van der Waals surface area contributed by atoms with E-state index in [2.05, 4.69) is 25.9 Å². The van der Waals surface area contributed by atoms with Gasteiger partial charge in [-0.1, -0.05) is 5.92 Å². The largest absolute Gasteiger partial charge is 0.452 e. The number of alkyl halides is 4. The predicted octanol–water partition coefficient (Wildman–Crippen LogP) is 3.82. The monoisotopic (exact) mass is 415 g/mol. The number of aromatic nitrogens is 1. The number of nitrogens with two attached hydrogens (primary N) is 1. The van der Waals surface area contributed by atoms with Gasteiger partial charge in [-0.2, -0.15) is 17.5 Å². The molecule has 0 saturated heterocycles. The van der Waals surface area contributed by atoms with Gasteiger partial charge in [0.15, 0.2) is 6.10 Å². The Labute approximate surface area is 161 Å². The van der Waals surface area contributed by atoms with Crippen LogP contribution in [0.15, 0.2) is 29.3 Å². The third kappa shape index (κ3) is 4.09. The molecule has 0 unspecified atom stereocenters. The minimum atomic E-state index is -4.81. The van der Waals surface area contributed by atoms with Crippen LogP contribution in [-0.4, -0.2) is 29.4 Å². The number of nitrogens with zero attached hydrogens (tertiary/aromatic N) is 2. The van der Waals surface area contributed by atoms with E-state index < -0.39 is 42.8 Å². The average Bonchev–Trinajstić information content (AvgIpc) is 3.05. The summed E-state index contributed by atoms with van der Waals surface area (Å²) in [5.41, 5.74) is 3.91. The second kappa shape index (κ2) is 7.39. The van der Waals surface area contributed by atoms with E-state index in [0.29, 0.717) is 10.4 Å². The Bertz CT molecular complexity index is 976. The fourth-order valence-electron chi connectivity index (χ4n) is 2.80. The standard InChI is InChI=1S/C18H14F5N3OS/c1-10-6-12(28-26-10)4-2-11-3-5-14(20)13(7-11)17(9-19)8-15(18(21,22)23)27-16(24)25-17/h3,5-7,15H,8-9H2,1H3,(H2,24,25)/t15-,17+/m0/s1. The summed E-state index contributed by atoms with van der Waals surface area (Å²) in [7, 11) is 0. The Hall–Kier alpha value is -2.67. The van der Waals surface area contributed by atoms with Crippen LogP contribution in [0.5, 0.6) is 0 Å². The molecule has 2 heterocycles. The maximum Gasteiger partial charge on any atom is 0.425 e. The molecule has 1 aliphatic heterocycles. The van der Waals surface area contributed by atoms with Gasteiger partial charge in [-0.3, -0.25) is 0 Å². The number of benzene rings is 1. The maximum atomic E-state index is 14.4. The van der Waals surface area contributed by atoms with Crippen molar-refractivity contribution in [2.45, 2.75) is 31.2 Å². The van der Waals surface area contributed by atoms with Gasteiger partial charge < -0.3 is 10.5 Å². The number of amidine groups is 1. The molecular formula is C18H14F5N3OS. The van der Waals surface area contributed by atoms with Gasteiger partial charge in [0.2, 0.25) is 0 Å². The van der Waals surface area contributed by atoms with Crippen molar-refractivity contribution >= 4 is 17.6 Å². The summed E-state index contributed by atoms with van der Waals surface area (Å²) in [4.78, 5) is 4.35. The first-order valence-electron chi connectivity index (χ1n) is 8.03. The van der Waals surface area contributed by atoms with Crippen LogP contribution in [0.4, 0.5) is 22.0 Å². The molecule has 0 spiro atoms. The second-order valence-electron chi connectivity index (χ2n) is 6.24. The van der Waals surface area contributed by atoms with E-state index in [9.17, 15) is 22.0 Å². The molecule has 2 atom stereocenters. The quantitative estimate of drug-likeness (QED) is 0.599. The first kappa shape index (κ1) is 20.1.